The van der Waals surface area contributed by atoms with E-state index in [0.717, 1.165) is 32.8 Å². The summed E-state index contributed by atoms with van der Waals surface area (Å²) in [5.74, 6) is 0. The third-order valence-corrected chi connectivity index (χ3v) is 4.64. The van der Waals surface area contributed by atoms with Crippen molar-refractivity contribution in [1.29, 1.82) is 0 Å². The van der Waals surface area contributed by atoms with Gasteiger partial charge in [-0.2, -0.15) is 0 Å². The smallest absolute Gasteiger partial charge is 0.0472 e. The van der Waals surface area contributed by atoms with Crippen molar-refractivity contribution in [1.82, 2.24) is 10.2 Å². The van der Waals surface area contributed by atoms with Gasteiger partial charge in [-0.25, -0.2) is 0 Å². The zero-order chi connectivity index (χ0) is 14.1. The zero-order valence-corrected chi connectivity index (χ0v) is 13.5. The Morgan fingerprint density at radius 2 is 1.89 bits per heavy atom. The maximum atomic E-state index is 5.59. The Morgan fingerprint density at radius 1 is 1.21 bits per heavy atom. The van der Waals surface area contributed by atoms with E-state index in [1.165, 1.54) is 32.2 Å². The number of hydrogen-bond acceptors (Lipinski definition) is 3. The maximum Gasteiger partial charge on any atom is 0.0472 e. The first-order chi connectivity index (χ1) is 9.17. The van der Waals surface area contributed by atoms with Crippen molar-refractivity contribution in [2.24, 2.45) is 5.41 Å². The summed E-state index contributed by atoms with van der Waals surface area (Å²) in [6, 6.07) is 0.691. The Kier molecular flexibility index (Phi) is 7.96. The molecule has 1 rings (SSSR count). The van der Waals surface area contributed by atoms with Gasteiger partial charge in [0, 0.05) is 32.3 Å². The molecule has 1 aliphatic rings. The summed E-state index contributed by atoms with van der Waals surface area (Å²) in [5.41, 5.74) is 0.423. The average molecular weight is 270 g/mol. The molecule has 0 aromatic rings. The van der Waals surface area contributed by atoms with Crippen LogP contribution in [0.5, 0.6) is 0 Å². The fourth-order valence-electron chi connectivity index (χ4n) is 2.99. The predicted octanol–water partition coefficient (Wildman–Crippen LogP) is 2.90. The Hall–Kier alpha value is -0.120. The van der Waals surface area contributed by atoms with E-state index in [-0.39, 0.29) is 0 Å². The van der Waals surface area contributed by atoms with Gasteiger partial charge in [0.1, 0.15) is 0 Å². The van der Waals surface area contributed by atoms with Crippen LogP contribution in [0.15, 0.2) is 0 Å². The minimum Gasteiger partial charge on any atom is -0.381 e. The number of hydrogen-bond donors (Lipinski definition) is 1. The second-order valence-electron chi connectivity index (χ2n) is 6.11. The fraction of sp³-hybridized carbons (Fsp3) is 1.00. The van der Waals surface area contributed by atoms with E-state index < -0.39 is 0 Å². The molecule has 1 atom stereocenters. The summed E-state index contributed by atoms with van der Waals surface area (Å²) >= 11 is 0. The molecule has 3 heteroatoms. The molecule has 0 spiro atoms. The Labute approximate surface area is 120 Å². The Morgan fingerprint density at radius 3 is 2.42 bits per heavy atom. The molecule has 1 aliphatic heterocycles. The highest BCUT2D eigenvalue weighted by Gasteiger charge is 2.34. The summed E-state index contributed by atoms with van der Waals surface area (Å²) in [6.07, 6.45) is 4.87. The van der Waals surface area contributed by atoms with Crippen molar-refractivity contribution in [3.8, 4) is 0 Å². The molecule has 0 aromatic heterocycles. The van der Waals surface area contributed by atoms with Crippen LogP contribution in [0.25, 0.3) is 0 Å². The number of nitrogens with one attached hydrogen (secondary N) is 1. The lowest BCUT2D eigenvalue weighted by atomic mass is 9.79. The maximum absolute atomic E-state index is 5.59. The van der Waals surface area contributed by atoms with Crippen LogP contribution in [0.3, 0.4) is 0 Å². The molecular weight excluding hydrogens is 236 g/mol. The number of ether oxygens (including phenoxy) is 1. The van der Waals surface area contributed by atoms with Crippen molar-refractivity contribution >= 4 is 0 Å². The van der Waals surface area contributed by atoms with Crippen molar-refractivity contribution < 1.29 is 4.74 Å². The first-order valence-electron chi connectivity index (χ1n) is 8.20. The van der Waals surface area contributed by atoms with Gasteiger partial charge in [0.05, 0.1) is 0 Å². The minimum absolute atomic E-state index is 0.423. The minimum atomic E-state index is 0.423. The van der Waals surface area contributed by atoms with Crippen LogP contribution < -0.4 is 5.32 Å². The van der Waals surface area contributed by atoms with Crippen molar-refractivity contribution in [2.75, 3.05) is 39.4 Å². The molecule has 1 saturated heterocycles. The summed E-state index contributed by atoms with van der Waals surface area (Å²) < 4.78 is 5.59. The molecule has 1 fully saturated rings. The molecule has 0 bridgehead atoms. The van der Waals surface area contributed by atoms with E-state index in [1.54, 1.807) is 0 Å². The monoisotopic (exact) mass is 270 g/mol. The van der Waals surface area contributed by atoms with Gasteiger partial charge in [-0.15, -0.1) is 0 Å². The predicted molar refractivity (Wildman–Crippen MR) is 82.6 cm³/mol. The van der Waals surface area contributed by atoms with Gasteiger partial charge in [-0.05, 0) is 51.1 Å². The third kappa shape index (κ3) is 5.41. The summed E-state index contributed by atoms with van der Waals surface area (Å²) in [7, 11) is 0. The van der Waals surface area contributed by atoms with Gasteiger partial charge in [-0.3, -0.25) is 0 Å². The first-order valence-corrected chi connectivity index (χ1v) is 8.20. The molecule has 0 aliphatic carbocycles. The first kappa shape index (κ1) is 16.9. The van der Waals surface area contributed by atoms with Gasteiger partial charge in [0.25, 0.3) is 0 Å². The normalized spacial score (nSPS) is 20.7. The molecule has 0 aromatic carbocycles. The highest BCUT2D eigenvalue weighted by molar-refractivity contribution is 4.88. The van der Waals surface area contributed by atoms with Crippen LogP contribution in [0.1, 0.15) is 53.4 Å². The Balaban J connectivity index is 2.61. The number of rotatable bonds is 9. The molecule has 1 unspecified atom stereocenters. The van der Waals surface area contributed by atoms with Crippen LogP contribution in [0.4, 0.5) is 0 Å². The van der Waals surface area contributed by atoms with Gasteiger partial charge < -0.3 is 15.0 Å². The fourth-order valence-corrected chi connectivity index (χ4v) is 2.99. The second kappa shape index (κ2) is 8.93. The van der Waals surface area contributed by atoms with Crippen molar-refractivity contribution in [3.63, 3.8) is 0 Å². The highest BCUT2D eigenvalue weighted by Crippen LogP contribution is 2.31. The molecule has 114 valence electrons. The third-order valence-electron chi connectivity index (χ3n) is 4.64. The van der Waals surface area contributed by atoms with Gasteiger partial charge in [0.2, 0.25) is 0 Å². The average Bonchev–Trinajstić information content (AvgIpc) is 2.45. The van der Waals surface area contributed by atoms with E-state index >= 15 is 0 Å². The number of nitrogens with zero attached hydrogens (tertiary/aromatic N) is 1. The highest BCUT2D eigenvalue weighted by atomic mass is 16.5. The summed E-state index contributed by atoms with van der Waals surface area (Å²) in [4.78, 5) is 2.65. The molecule has 1 N–H and O–H groups in total. The summed E-state index contributed by atoms with van der Waals surface area (Å²) in [5, 5.41) is 3.65. The van der Waals surface area contributed by atoms with Crippen LogP contribution in [-0.4, -0.2) is 50.3 Å². The SMILES string of the molecule is CCCNCC1(CN(CC)C(C)CC)CCOCC1. The van der Waals surface area contributed by atoms with Gasteiger partial charge >= 0.3 is 0 Å². The van der Waals surface area contributed by atoms with Gasteiger partial charge in [-0.1, -0.05) is 20.8 Å². The van der Waals surface area contributed by atoms with E-state index in [0.29, 0.717) is 11.5 Å². The van der Waals surface area contributed by atoms with Crippen molar-refractivity contribution in [2.45, 2.75) is 59.4 Å². The quantitative estimate of drug-likeness (QED) is 0.652. The second-order valence-corrected chi connectivity index (χ2v) is 6.11. The lowest BCUT2D eigenvalue weighted by Crippen LogP contribution is -2.49. The van der Waals surface area contributed by atoms with E-state index in [9.17, 15) is 0 Å². The van der Waals surface area contributed by atoms with Gasteiger partial charge in [0.15, 0.2) is 0 Å². The summed E-state index contributed by atoms with van der Waals surface area (Å²) in [6.45, 7) is 15.7. The molecule has 0 saturated carbocycles. The van der Waals surface area contributed by atoms with Crippen LogP contribution in [-0.2, 0) is 4.74 Å². The van der Waals surface area contributed by atoms with E-state index in [2.05, 4.69) is 37.9 Å². The largest absolute Gasteiger partial charge is 0.381 e. The molecule has 0 amide bonds. The van der Waals surface area contributed by atoms with Crippen LogP contribution in [0, 0.1) is 5.41 Å². The molecule has 0 radical (unpaired) electrons. The standard InChI is InChI=1S/C16H34N2O/c1-5-10-17-13-16(8-11-19-12-9-16)14-18(7-3)15(4)6-2/h15,17H,5-14H2,1-4H3. The van der Waals surface area contributed by atoms with E-state index in [4.69, 9.17) is 4.74 Å². The zero-order valence-electron chi connectivity index (χ0n) is 13.5. The lowest BCUT2D eigenvalue weighted by molar-refractivity contribution is -0.00987. The van der Waals surface area contributed by atoms with Crippen molar-refractivity contribution in [3.05, 3.63) is 0 Å². The molecular formula is C16H34N2O. The lowest BCUT2D eigenvalue weighted by Gasteiger charge is -2.43. The topological polar surface area (TPSA) is 24.5 Å². The molecule has 19 heavy (non-hydrogen) atoms. The van der Waals surface area contributed by atoms with Crippen LogP contribution >= 0.6 is 0 Å². The Bertz CT molecular complexity index is 227. The molecule has 3 nitrogen and oxygen atoms in total. The van der Waals surface area contributed by atoms with Crippen LogP contribution in [0.2, 0.25) is 0 Å². The molecule has 1 heterocycles. The van der Waals surface area contributed by atoms with E-state index in [1.807, 2.05) is 0 Å².